The molecule has 0 aromatic heterocycles. The number of nitrogens with two attached hydrogens (primary N) is 1. The first kappa shape index (κ1) is 14.4. The van der Waals surface area contributed by atoms with Gasteiger partial charge in [-0.3, -0.25) is 0 Å². The van der Waals surface area contributed by atoms with Crippen molar-refractivity contribution in [2.75, 3.05) is 5.73 Å². The maximum absolute atomic E-state index is 13.6. The van der Waals surface area contributed by atoms with Gasteiger partial charge >= 0.3 is 5.97 Å². The van der Waals surface area contributed by atoms with E-state index >= 15 is 0 Å². The highest BCUT2D eigenvalue weighted by molar-refractivity contribution is 7.98. The van der Waals surface area contributed by atoms with Crippen LogP contribution >= 0.6 is 11.8 Å². The van der Waals surface area contributed by atoms with Crippen LogP contribution in [0.3, 0.4) is 0 Å². The molecule has 2 rings (SSSR count). The summed E-state index contributed by atoms with van der Waals surface area (Å²) in [5.41, 5.74) is 7.98. The Hall–Kier alpha value is -2.01. The molecule has 3 nitrogen and oxygen atoms in total. The average Bonchev–Trinajstić information content (AvgIpc) is 2.40. The van der Waals surface area contributed by atoms with Crippen LogP contribution in [0.15, 0.2) is 41.3 Å². The highest BCUT2D eigenvalue weighted by Crippen LogP contribution is 2.29. The normalized spacial score (nSPS) is 10.5. The van der Waals surface area contributed by atoms with Crippen LogP contribution < -0.4 is 5.73 Å². The minimum atomic E-state index is -1.26. The summed E-state index contributed by atoms with van der Waals surface area (Å²) in [6, 6.07) is 9.84. The third-order valence-electron chi connectivity index (χ3n) is 2.98. The third kappa shape index (κ3) is 3.11. The van der Waals surface area contributed by atoms with Gasteiger partial charge in [0.15, 0.2) is 0 Å². The van der Waals surface area contributed by atoms with E-state index < -0.39 is 11.8 Å². The number of carboxylic acids is 1. The molecule has 104 valence electrons. The topological polar surface area (TPSA) is 63.3 Å². The Morgan fingerprint density at radius 1 is 1.35 bits per heavy atom. The Morgan fingerprint density at radius 2 is 2.10 bits per heavy atom. The zero-order valence-electron chi connectivity index (χ0n) is 10.9. The van der Waals surface area contributed by atoms with E-state index in [4.69, 9.17) is 10.8 Å². The van der Waals surface area contributed by atoms with Crippen molar-refractivity contribution in [3.63, 3.8) is 0 Å². The minimum Gasteiger partial charge on any atom is -0.478 e. The fourth-order valence-electron chi connectivity index (χ4n) is 1.77. The van der Waals surface area contributed by atoms with Gasteiger partial charge < -0.3 is 10.8 Å². The Bertz CT molecular complexity index is 658. The summed E-state index contributed by atoms with van der Waals surface area (Å²) < 4.78 is 13.6. The maximum Gasteiger partial charge on any atom is 0.338 e. The van der Waals surface area contributed by atoms with Gasteiger partial charge in [0.05, 0.1) is 5.56 Å². The summed E-state index contributed by atoms with van der Waals surface area (Å²) in [5, 5.41) is 8.77. The van der Waals surface area contributed by atoms with E-state index in [1.54, 1.807) is 17.8 Å². The predicted molar refractivity (Wildman–Crippen MR) is 78.5 cm³/mol. The molecule has 0 heterocycles. The summed E-state index contributed by atoms with van der Waals surface area (Å²) in [5.74, 6) is -1.41. The zero-order valence-corrected chi connectivity index (χ0v) is 11.7. The second-order valence-corrected chi connectivity index (χ2v) is 5.40. The number of hydrogen-bond donors (Lipinski definition) is 2. The van der Waals surface area contributed by atoms with Crippen LogP contribution in [0.4, 0.5) is 10.1 Å². The van der Waals surface area contributed by atoms with Gasteiger partial charge in [-0.1, -0.05) is 12.1 Å². The average molecular weight is 291 g/mol. The van der Waals surface area contributed by atoms with Gasteiger partial charge in [0, 0.05) is 16.3 Å². The van der Waals surface area contributed by atoms with Crippen LogP contribution in [0.2, 0.25) is 0 Å². The summed E-state index contributed by atoms with van der Waals surface area (Å²) in [6.07, 6.45) is 0. The molecule has 0 unspecified atom stereocenters. The fourth-order valence-corrected chi connectivity index (χ4v) is 2.78. The number of halogens is 1. The molecular weight excluding hydrogens is 277 g/mol. The van der Waals surface area contributed by atoms with Crippen LogP contribution in [-0.2, 0) is 5.75 Å². The number of rotatable bonds is 4. The lowest BCUT2D eigenvalue weighted by atomic mass is 10.1. The second kappa shape index (κ2) is 5.96. The summed E-state index contributed by atoms with van der Waals surface area (Å²) in [7, 11) is 0. The van der Waals surface area contributed by atoms with Gasteiger partial charge in [-0.2, -0.15) is 0 Å². The molecule has 0 saturated heterocycles. The molecule has 0 aliphatic heterocycles. The molecule has 3 N–H and O–H groups in total. The van der Waals surface area contributed by atoms with Gasteiger partial charge in [0.2, 0.25) is 0 Å². The molecule has 0 atom stereocenters. The smallest absolute Gasteiger partial charge is 0.338 e. The fraction of sp³-hybridized carbons (Fsp3) is 0.133. The van der Waals surface area contributed by atoms with Crippen LogP contribution in [0.5, 0.6) is 0 Å². The zero-order chi connectivity index (χ0) is 14.7. The van der Waals surface area contributed by atoms with E-state index in [0.717, 1.165) is 21.7 Å². The first-order chi connectivity index (χ1) is 9.49. The maximum atomic E-state index is 13.6. The Labute approximate surface area is 120 Å². The summed E-state index contributed by atoms with van der Waals surface area (Å²) in [6.45, 7) is 1.94. The van der Waals surface area contributed by atoms with E-state index in [-0.39, 0.29) is 5.56 Å². The molecule has 0 fully saturated rings. The number of benzene rings is 2. The van der Waals surface area contributed by atoms with Crippen molar-refractivity contribution in [3.8, 4) is 0 Å². The van der Waals surface area contributed by atoms with E-state index in [0.29, 0.717) is 5.75 Å². The summed E-state index contributed by atoms with van der Waals surface area (Å²) in [4.78, 5) is 11.8. The first-order valence-corrected chi connectivity index (χ1v) is 6.97. The number of anilines is 1. The molecular formula is C15H14FNO2S. The first-order valence-electron chi connectivity index (χ1n) is 5.98. The standard InChI is InChI=1S/C15H14FNO2S/c1-9-13(17)3-2-4-14(9)20-8-10-5-6-11(15(18)19)12(16)7-10/h2-7H,8,17H2,1H3,(H,18,19). The molecule has 0 spiro atoms. The number of thioether (sulfide) groups is 1. The van der Waals surface area contributed by atoms with Crippen LogP contribution in [0.1, 0.15) is 21.5 Å². The van der Waals surface area contributed by atoms with Crippen LogP contribution in [0, 0.1) is 12.7 Å². The van der Waals surface area contributed by atoms with Crippen molar-refractivity contribution >= 4 is 23.4 Å². The largest absolute Gasteiger partial charge is 0.478 e. The Balaban J connectivity index is 2.13. The molecule has 0 amide bonds. The van der Waals surface area contributed by atoms with Gasteiger partial charge in [-0.15, -0.1) is 11.8 Å². The number of hydrogen-bond acceptors (Lipinski definition) is 3. The van der Waals surface area contributed by atoms with Crippen molar-refractivity contribution in [1.29, 1.82) is 0 Å². The lowest BCUT2D eigenvalue weighted by molar-refractivity contribution is 0.0692. The van der Waals surface area contributed by atoms with Crippen molar-refractivity contribution in [3.05, 3.63) is 58.9 Å². The third-order valence-corrected chi connectivity index (χ3v) is 4.22. The van der Waals surface area contributed by atoms with Gasteiger partial charge in [0.25, 0.3) is 0 Å². The van der Waals surface area contributed by atoms with E-state index in [1.807, 2.05) is 25.1 Å². The van der Waals surface area contributed by atoms with Crippen molar-refractivity contribution in [1.82, 2.24) is 0 Å². The van der Waals surface area contributed by atoms with E-state index in [1.165, 1.54) is 12.1 Å². The molecule has 0 aliphatic rings. The molecule has 20 heavy (non-hydrogen) atoms. The molecule has 2 aromatic carbocycles. The Kier molecular flexibility index (Phi) is 4.29. The number of carbonyl (C=O) groups is 1. The van der Waals surface area contributed by atoms with Crippen LogP contribution in [-0.4, -0.2) is 11.1 Å². The predicted octanol–water partition coefficient (Wildman–Crippen LogP) is 3.71. The highest BCUT2D eigenvalue weighted by atomic mass is 32.2. The van der Waals surface area contributed by atoms with Gasteiger partial charge in [0.1, 0.15) is 5.82 Å². The van der Waals surface area contributed by atoms with Crippen molar-refractivity contribution in [2.45, 2.75) is 17.6 Å². The monoisotopic (exact) mass is 291 g/mol. The highest BCUT2D eigenvalue weighted by Gasteiger charge is 2.10. The van der Waals surface area contributed by atoms with E-state index in [2.05, 4.69) is 0 Å². The van der Waals surface area contributed by atoms with Crippen molar-refractivity contribution in [2.24, 2.45) is 0 Å². The SMILES string of the molecule is Cc1c(N)cccc1SCc1ccc(C(=O)O)c(F)c1. The molecule has 0 saturated carbocycles. The molecule has 0 radical (unpaired) electrons. The Morgan fingerprint density at radius 3 is 2.75 bits per heavy atom. The number of carboxylic acid groups (broad SMARTS) is 1. The second-order valence-electron chi connectivity index (χ2n) is 4.38. The number of nitrogen functional groups attached to an aromatic ring is 1. The lowest BCUT2D eigenvalue weighted by Crippen LogP contribution is -2.00. The minimum absolute atomic E-state index is 0.307. The molecule has 5 heteroatoms. The van der Waals surface area contributed by atoms with Gasteiger partial charge in [-0.25, -0.2) is 9.18 Å². The quantitative estimate of drug-likeness (QED) is 0.666. The molecule has 0 bridgehead atoms. The number of aromatic carboxylic acids is 1. The molecule has 2 aromatic rings. The van der Waals surface area contributed by atoms with E-state index in [9.17, 15) is 9.18 Å². The van der Waals surface area contributed by atoms with Crippen molar-refractivity contribution < 1.29 is 14.3 Å². The van der Waals surface area contributed by atoms with Gasteiger partial charge in [-0.05, 0) is 42.3 Å². The lowest BCUT2D eigenvalue weighted by Gasteiger charge is -2.08. The molecule has 0 aliphatic carbocycles. The van der Waals surface area contributed by atoms with Crippen LogP contribution in [0.25, 0.3) is 0 Å². The summed E-state index contributed by atoms with van der Waals surface area (Å²) >= 11 is 1.54.